The van der Waals surface area contributed by atoms with Crippen LogP contribution in [0, 0.1) is 0 Å². The van der Waals surface area contributed by atoms with Gasteiger partial charge in [0, 0.05) is 6.20 Å². The molecule has 0 bridgehead atoms. The van der Waals surface area contributed by atoms with E-state index in [9.17, 15) is 4.79 Å². The zero-order valence-electron chi connectivity index (χ0n) is 9.58. The van der Waals surface area contributed by atoms with E-state index in [4.69, 9.17) is 5.73 Å². The quantitative estimate of drug-likeness (QED) is 0.792. The third kappa shape index (κ3) is 2.54. The highest BCUT2D eigenvalue weighted by Crippen LogP contribution is 2.27. The zero-order chi connectivity index (χ0) is 13.0. The highest BCUT2D eigenvalue weighted by atomic mass is 32.1. The van der Waals surface area contributed by atoms with E-state index in [1.54, 1.807) is 12.3 Å². The Morgan fingerprint density at radius 2 is 2.44 bits per heavy atom. The van der Waals surface area contributed by atoms with Crippen molar-refractivity contribution in [2.45, 2.75) is 6.54 Å². The van der Waals surface area contributed by atoms with Crippen molar-refractivity contribution in [2.75, 3.05) is 18.2 Å². The van der Waals surface area contributed by atoms with Crippen LogP contribution in [0.2, 0.25) is 0 Å². The molecule has 0 aromatic carbocycles. The van der Waals surface area contributed by atoms with Crippen LogP contribution in [-0.2, 0) is 11.3 Å². The summed E-state index contributed by atoms with van der Waals surface area (Å²) < 4.78 is 8.57. The number of carbonyl (C=O) groups is 1. The molecule has 18 heavy (non-hydrogen) atoms. The van der Waals surface area contributed by atoms with Gasteiger partial charge in [0.25, 0.3) is 0 Å². The van der Waals surface area contributed by atoms with E-state index in [0.717, 1.165) is 17.2 Å². The number of nitrogens with one attached hydrogen (secondary N) is 1. The van der Waals surface area contributed by atoms with Crippen LogP contribution < -0.4 is 11.1 Å². The van der Waals surface area contributed by atoms with Gasteiger partial charge in [-0.05, 0) is 23.7 Å². The second kappa shape index (κ2) is 5.41. The summed E-state index contributed by atoms with van der Waals surface area (Å²) in [6.45, 7) is 0.430. The Labute approximate surface area is 107 Å². The summed E-state index contributed by atoms with van der Waals surface area (Å²) in [5.41, 5.74) is 6.62. The van der Waals surface area contributed by atoms with Crippen LogP contribution in [0.25, 0.3) is 0 Å². The molecule has 94 valence electrons. The summed E-state index contributed by atoms with van der Waals surface area (Å²) in [5.74, 6) is -0.351. The second-order valence-electron chi connectivity index (χ2n) is 3.33. The average molecular weight is 265 g/mol. The van der Waals surface area contributed by atoms with Gasteiger partial charge in [-0.15, -0.1) is 0 Å². The molecule has 0 saturated heterocycles. The number of nitrogen functional groups attached to an aromatic ring is 1. The van der Waals surface area contributed by atoms with Gasteiger partial charge in [0.05, 0.1) is 19.3 Å². The lowest BCUT2D eigenvalue weighted by atomic mass is 10.3. The minimum Gasteiger partial charge on any atom is -0.465 e. The van der Waals surface area contributed by atoms with Gasteiger partial charge in [-0.25, -0.2) is 4.79 Å². The molecule has 7 nitrogen and oxygen atoms in total. The molecule has 8 heteroatoms. The minimum absolute atomic E-state index is 0.161. The highest BCUT2D eigenvalue weighted by Gasteiger charge is 2.19. The molecular formula is C10H11N5O2S. The molecule has 0 saturated carbocycles. The number of nitrogens with zero attached hydrogens (tertiary/aromatic N) is 3. The van der Waals surface area contributed by atoms with E-state index >= 15 is 0 Å². The summed E-state index contributed by atoms with van der Waals surface area (Å²) in [5, 5.41) is 11.3. The van der Waals surface area contributed by atoms with Crippen molar-refractivity contribution in [2.24, 2.45) is 0 Å². The van der Waals surface area contributed by atoms with E-state index < -0.39 is 5.97 Å². The lowest BCUT2D eigenvalue weighted by Gasteiger charge is -2.04. The molecule has 0 atom stereocenters. The average Bonchev–Trinajstić information content (AvgIpc) is 2.78. The van der Waals surface area contributed by atoms with Crippen LogP contribution in [0.1, 0.15) is 16.1 Å². The molecule has 0 spiro atoms. The molecule has 0 unspecified atom stereocenters. The lowest BCUT2D eigenvalue weighted by Crippen LogP contribution is -2.08. The Bertz CT molecular complexity index is 542. The maximum atomic E-state index is 11.5. The third-order valence-corrected chi connectivity index (χ3v) is 2.98. The van der Waals surface area contributed by atoms with E-state index in [2.05, 4.69) is 24.6 Å². The van der Waals surface area contributed by atoms with E-state index in [1.165, 1.54) is 7.11 Å². The number of nitrogens with two attached hydrogens (primary N) is 1. The van der Waals surface area contributed by atoms with Crippen molar-refractivity contribution in [3.63, 3.8) is 0 Å². The highest BCUT2D eigenvalue weighted by molar-refractivity contribution is 7.11. The standard InChI is InChI=1S/C10H11N5O2S/c1-17-10(16)7-8(11)15-18-9(7)12-5-6-3-2-4-13-14-6/h2-4,12H,5H2,1H3,(H2,11,15). The summed E-state index contributed by atoms with van der Waals surface area (Å²) in [7, 11) is 1.30. The molecule has 2 heterocycles. The molecule has 0 amide bonds. The maximum absolute atomic E-state index is 11.5. The molecule has 0 fully saturated rings. The van der Waals surface area contributed by atoms with Gasteiger partial charge in [0.2, 0.25) is 0 Å². The van der Waals surface area contributed by atoms with Crippen molar-refractivity contribution in [1.29, 1.82) is 0 Å². The predicted octanol–water partition coefficient (Wildman–Crippen LogP) is 0.914. The maximum Gasteiger partial charge on any atom is 0.344 e. The van der Waals surface area contributed by atoms with Gasteiger partial charge in [-0.1, -0.05) is 0 Å². The first-order valence-corrected chi connectivity index (χ1v) is 5.83. The largest absolute Gasteiger partial charge is 0.465 e. The molecule has 0 aliphatic carbocycles. The number of carbonyl (C=O) groups excluding carboxylic acids is 1. The zero-order valence-corrected chi connectivity index (χ0v) is 10.4. The SMILES string of the molecule is COC(=O)c1c(N)nsc1NCc1cccnn1. The number of anilines is 2. The van der Waals surface area contributed by atoms with E-state index in [1.807, 2.05) is 6.07 Å². The van der Waals surface area contributed by atoms with Crippen LogP contribution >= 0.6 is 11.5 Å². The number of ether oxygens (including phenoxy) is 1. The summed E-state index contributed by atoms with van der Waals surface area (Å²) in [4.78, 5) is 11.5. The number of methoxy groups -OCH3 is 1. The van der Waals surface area contributed by atoms with Crippen molar-refractivity contribution >= 4 is 28.3 Å². The molecule has 0 radical (unpaired) electrons. The predicted molar refractivity (Wildman–Crippen MR) is 67.2 cm³/mol. The van der Waals surface area contributed by atoms with Crippen LogP contribution in [-0.4, -0.2) is 27.7 Å². The Morgan fingerprint density at radius 1 is 1.61 bits per heavy atom. The monoisotopic (exact) mass is 265 g/mol. The number of hydrogen-bond donors (Lipinski definition) is 2. The molecule has 2 aromatic heterocycles. The van der Waals surface area contributed by atoms with Crippen molar-refractivity contribution in [3.8, 4) is 0 Å². The van der Waals surface area contributed by atoms with Gasteiger partial charge < -0.3 is 15.8 Å². The van der Waals surface area contributed by atoms with Gasteiger partial charge in [0.15, 0.2) is 5.82 Å². The number of aromatic nitrogens is 3. The number of hydrogen-bond acceptors (Lipinski definition) is 8. The molecule has 0 aliphatic heterocycles. The molecule has 2 aromatic rings. The van der Waals surface area contributed by atoms with Crippen LogP contribution in [0.5, 0.6) is 0 Å². The van der Waals surface area contributed by atoms with E-state index in [0.29, 0.717) is 11.5 Å². The number of esters is 1. The molecule has 3 N–H and O–H groups in total. The third-order valence-electron chi connectivity index (χ3n) is 2.17. The Balaban J connectivity index is 2.13. The molecule has 2 rings (SSSR count). The van der Waals surface area contributed by atoms with Gasteiger partial charge in [0.1, 0.15) is 10.6 Å². The first-order valence-electron chi connectivity index (χ1n) is 5.06. The van der Waals surface area contributed by atoms with Gasteiger partial charge in [-0.3, -0.25) is 0 Å². The summed E-state index contributed by atoms with van der Waals surface area (Å²) in [6, 6.07) is 3.61. The Kier molecular flexibility index (Phi) is 3.68. The first kappa shape index (κ1) is 12.2. The van der Waals surface area contributed by atoms with Crippen LogP contribution in [0.4, 0.5) is 10.8 Å². The Morgan fingerprint density at radius 3 is 3.11 bits per heavy atom. The Hall–Kier alpha value is -2.22. The van der Waals surface area contributed by atoms with Crippen LogP contribution in [0.15, 0.2) is 18.3 Å². The fourth-order valence-electron chi connectivity index (χ4n) is 1.32. The fourth-order valence-corrected chi connectivity index (χ4v) is 2.02. The van der Waals surface area contributed by atoms with Crippen LogP contribution in [0.3, 0.4) is 0 Å². The minimum atomic E-state index is -0.511. The van der Waals surface area contributed by atoms with Crippen molar-refractivity contribution in [3.05, 3.63) is 29.6 Å². The van der Waals surface area contributed by atoms with Gasteiger partial charge in [-0.2, -0.15) is 14.6 Å². The lowest BCUT2D eigenvalue weighted by molar-refractivity contribution is 0.0603. The normalized spacial score (nSPS) is 10.1. The van der Waals surface area contributed by atoms with Gasteiger partial charge >= 0.3 is 5.97 Å². The summed E-state index contributed by atoms with van der Waals surface area (Å²) in [6.07, 6.45) is 1.59. The number of rotatable bonds is 4. The second-order valence-corrected chi connectivity index (χ2v) is 4.11. The summed E-state index contributed by atoms with van der Waals surface area (Å²) >= 11 is 1.10. The van der Waals surface area contributed by atoms with Crippen molar-refractivity contribution < 1.29 is 9.53 Å². The smallest absolute Gasteiger partial charge is 0.344 e. The first-order chi connectivity index (χ1) is 8.72. The molecule has 0 aliphatic rings. The topological polar surface area (TPSA) is 103 Å². The van der Waals surface area contributed by atoms with Crippen molar-refractivity contribution in [1.82, 2.24) is 14.6 Å². The van der Waals surface area contributed by atoms with E-state index in [-0.39, 0.29) is 11.4 Å². The molecular weight excluding hydrogens is 254 g/mol. The fraction of sp³-hybridized carbons (Fsp3) is 0.200.